The number of rotatable bonds is 2. The number of nitrogens with zero attached hydrogens (tertiary/aromatic N) is 2. The van der Waals surface area contributed by atoms with Gasteiger partial charge < -0.3 is 10.6 Å². The summed E-state index contributed by atoms with van der Waals surface area (Å²) in [6.07, 6.45) is 1.75. The minimum Gasteiger partial charge on any atom is -0.369 e. The maximum absolute atomic E-state index is 11.7. The Hall–Kier alpha value is -0.950. The van der Waals surface area contributed by atoms with Crippen molar-refractivity contribution in [3.8, 4) is 0 Å². The number of hydrogen-bond donors (Lipinski definition) is 1. The van der Waals surface area contributed by atoms with Gasteiger partial charge in [0.05, 0.1) is 22.3 Å². The van der Waals surface area contributed by atoms with Crippen LogP contribution in [0.5, 0.6) is 0 Å². The molecule has 0 bridgehead atoms. The molecule has 1 aliphatic rings. The minimum atomic E-state index is -0.440. The van der Waals surface area contributed by atoms with Gasteiger partial charge in [0, 0.05) is 13.0 Å². The van der Waals surface area contributed by atoms with E-state index in [0.29, 0.717) is 16.8 Å². The van der Waals surface area contributed by atoms with Crippen molar-refractivity contribution in [2.45, 2.75) is 6.42 Å². The fourth-order valence-electron chi connectivity index (χ4n) is 1.71. The molecule has 1 saturated heterocycles. The standard InChI is InChI=1S/C10H9Br2N3O2/c11-7-2-6(3-14-9(7)12)15-4-5(10(13)17)1-8(15)16/h2-3,5H,1,4H2,(H2,13,17). The van der Waals surface area contributed by atoms with E-state index in [9.17, 15) is 9.59 Å². The zero-order valence-corrected chi connectivity index (χ0v) is 11.9. The Morgan fingerprint density at radius 2 is 2.24 bits per heavy atom. The molecule has 7 heteroatoms. The maximum atomic E-state index is 11.7. The van der Waals surface area contributed by atoms with Crippen LogP contribution in [-0.4, -0.2) is 23.3 Å². The first kappa shape index (κ1) is 12.5. The number of carbonyl (C=O) groups is 2. The summed E-state index contributed by atoms with van der Waals surface area (Å²) in [6.45, 7) is 0.323. The molecule has 5 nitrogen and oxygen atoms in total. The van der Waals surface area contributed by atoms with Gasteiger partial charge in [0.2, 0.25) is 11.8 Å². The third-order valence-corrected chi connectivity index (χ3v) is 4.39. The van der Waals surface area contributed by atoms with E-state index in [0.717, 1.165) is 4.47 Å². The molecule has 2 heterocycles. The molecule has 1 aliphatic heterocycles. The molecule has 2 amide bonds. The van der Waals surface area contributed by atoms with E-state index >= 15 is 0 Å². The van der Waals surface area contributed by atoms with E-state index in [2.05, 4.69) is 36.8 Å². The first-order chi connectivity index (χ1) is 7.99. The number of primary amides is 1. The Morgan fingerprint density at radius 3 is 2.76 bits per heavy atom. The first-order valence-electron chi connectivity index (χ1n) is 4.89. The number of halogens is 2. The van der Waals surface area contributed by atoms with Crippen molar-refractivity contribution >= 4 is 49.4 Å². The highest BCUT2D eigenvalue weighted by atomic mass is 79.9. The van der Waals surface area contributed by atoms with Gasteiger partial charge in [-0.2, -0.15) is 0 Å². The van der Waals surface area contributed by atoms with Crippen molar-refractivity contribution in [2.75, 3.05) is 11.4 Å². The average molecular weight is 363 g/mol. The topological polar surface area (TPSA) is 76.3 Å². The van der Waals surface area contributed by atoms with Gasteiger partial charge in [-0.15, -0.1) is 0 Å². The summed E-state index contributed by atoms with van der Waals surface area (Å²) in [5.41, 5.74) is 5.87. The SMILES string of the molecule is NC(=O)C1CC(=O)N(c2cnc(Br)c(Br)c2)C1. The Balaban J connectivity index is 2.26. The lowest BCUT2D eigenvalue weighted by atomic mass is 10.1. The number of aromatic nitrogens is 1. The number of amides is 2. The largest absolute Gasteiger partial charge is 0.369 e. The van der Waals surface area contributed by atoms with Crippen LogP contribution in [0.25, 0.3) is 0 Å². The van der Waals surface area contributed by atoms with E-state index in [1.807, 2.05) is 0 Å². The van der Waals surface area contributed by atoms with E-state index in [1.165, 1.54) is 4.90 Å². The molecule has 1 atom stereocenters. The van der Waals surface area contributed by atoms with Crippen LogP contribution in [-0.2, 0) is 9.59 Å². The van der Waals surface area contributed by atoms with Crippen molar-refractivity contribution in [3.05, 3.63) is 21.3 Å². The Kier molecular flexibility index (Phi) is 3.48. The van der Waals surface area contributed by atoms with Crippen LogP contribution in [0, 0.1) is 5.92 Å². The van der Waals surface area contributed by atoms with E-state index in [4.69, 9.17) is 5.73 Å². The monoisotopic (exact) mass is 361 g/mol. The van der Waals surface area contributed by atoms with Crippen molar-refractivity contribution < 1.29 is 9.59 Å². The second kappa shape index (κ2) is 4.73. The fourth-order valence-corrected chi connectivity index (χ4v) is 2.26. The van der Waals surface area contributed by atoms with Gasteiger partial charge in [-0.1, -0.05) is 0 Å². The van der Waals surface area contributed by atoms with Gasteiger partial charge >= 0.3 is 0 Å². The lowest BCUT2D eigenvalue weighted by Gasteiger charge is -2.16. The molecule has 17 heavy (non-hydrogen) atoms. The third-order valence-electron chi connectivity index (χ3n) is 2.62. The highest BCUT2D eigenvalue weighted by Crippen LogP contribution is 2.29. The Morgan fingerprint density at radius 1 is 1.53 bits per heavy atom. The normalized spacial score (nSPS) is 19.8. The van der Waals surface area contributed by atoms with Crippen molar-refractivity contribution in [1.82, 2.24) is 4.98 Å². The second-order valence-corrected chi connectivity index (χ2v) is 5.38. The summed E-state index contributed by atoms with van der Waals surface area (Å²) in [7, 11) is 0. The van der Waals surface area contributed by atoms with Crippen LogP contribution in [0.4, 0.5) is 5.69 Å². The molecule has 0 saturated carbocycles. The van der Waals surface area contributed by atoms with Crippen molar-refractivity contribution in [2.24, 2.45) is 11.7 Å². The molecule has 1 unspecified atom stereocenters. The zero-order chi connectivity index (χ0) is 12.6. The van der Waals surface area contributed by atoms with E-state index in [-0.39, 0.29) is 12.3 Å². The summed E-state index contributed by atoms with van der Waals surface area (Å²) in [4.78, 5) is 28.4. The lowest BCUT2D eigenvalue weighted by Crippen LogP contribution is -2.28. The Labute approximate surface area is 115 Å². The van der Waals surface area contributed by atoms with Crippen molar-refractivity contribution in [3.63, 3.8) is 0 Å². The predicted octanol–water partition coefficient (Wildman–Crippen LogP) is 1.44. The zero-order valence-electron chi connectivity index (χ0n) is 8.69. The molecular formula is C10H9Br2N3O2. The molecule has 0 spiro atoms. The van der Waals surface area contributed by atoms with Crippen LogP contribution < -0.4 is 10.6 Å². The molecule has 1 aromatic rings. The fraction of sp³-hybridized carbons (Fsp3) is 0.300. The molecule has 0 aliphatic carbocycles. The quantitative estimate of drug-likeness (QED) is 0.809. The molecule has 90 valence electrons. The van der Waals surface area contributed by atoms with Gasteiger partial charge in [-0.3, -0.25) is 9.59 Å². The molecular weight excluding hydrogens is 354 g/mol. The number of nitrogens with two attached hydrogens (primary N) is 1. The summed E-state index contributed by atoms with van der Waals surface area (Å²) in [6, 6.07) is 1.78. The average Bonchev–Trinajstić information content (AvgIpc) is 2.65. The number of hydrogen-bond acceptors (Lipinski definition) is 3. The molecule has 0 aromatic carbocycles. The van der Waals surface area contributed by atoms with Gasteiger partial charge in [-0.05, 0) is 37.9 Å². The summed E-state index contributed by atoms with van der Waals surface area (Å²) < 4.78 is 1.42. The van der Waals surface area contributed by atoms with E-state index < -0.39 is 11.8 Å². The molecule has 2 rings (SSSR count). The van der Waals surface area contributed by atoms with Gasteiger partial charge in [0.15, 0.2) is 0 Å². The molecule has 0 radical (unpaired) electrons. The van der Waals surface area contributed by atoms with Gasteiger partial charge in [0.25, 0.3) is 0 Å². The molecule has 2 N–H and O–H groups in total. The predicted molar refractivity (Wildman–Crippen MR) is 69.3 cm³/mol. The van der Waals surface area contributed by atoms with Crippen LogP contribution in [0.3, 0.4) is 0 Å². The summed E-state index contributed by atoms with van der Waals surface area (Å²) in [5.74, 6) is -0.959. The molecule has 1 fully saturated rings. The lowest BCUT2D eigenvalue weighted by molar-refractivity contribution is -0.123. The highest BCUT2D eigenvalue weighted by Gasteiger charge is 2.34. The first-order valence-corrected chi connectivity index (χ1v) is 6.48. The molecule has 1 aromatic heterocycles. The number of pyridine rings is 1. The third kappa shape index (κ3) is 2.50. The van der Waals surface area contributed by atoms with Gasteiger partial charge in [-0.25, -0.2) is 4.98 Å². The number of carbonyl (C=O) groups excluding carboxylic acids is 2. The van der Waals surface area contributed by atoms with Crippen LogP contribution in [0.2, 0.25) is 0 Å². The van der Waals surface area contributed by atoms with Crippen LogP contribution in [0.1, 0.15) is 6.42 Å². The van der Waals surface area contributed by atoms with Gasteiger partial charge in [0.1, 0.15) is 4.60 Å². The highest BCUT2D eigenvalue weighted by molar-refractivity contribution is 9.13. The Bertz CT molecular complexity index is 492. The smallest absolute Gasteiger partial charge is 0.227 e. The maximum Gasteiger partial charge on any atom is 0.227 e. The van der Waals surface area contributed by atoms with Crippen LogP contribution in [0.15, 0.2) is 21.3 Å². The minimum absolute atomic E-state index is 0.107. The summed E-state index contributed by atoms with van der Waals surface area (Å²) >= 11 is 6.57. The van der Waals surface area contributed by atoms with E-state index in [1.54, 1.807) is 12.3 Å². The van der Waals surface area contributed by atoms with Crippen LogP contribution >= 0.6 is 31.9 Å². The summed E-state index contributed by atoms with van der Waals surface area (Å²) in [5, 5.41) is 0. The number of anilines is 1. The second-order valence-electron chi connectivity index (χ2n) is 3.77. The van der Waals surface area contributed by atoms with Crippen molar-refractivity contribution in [1.29, 1.82) is 0 Å².